The second-order valence-electron chi connectivity index (χ2n) is 6.09. The van der Waals surface area contributed by atoms with Crippen molar-refractivity contribution in [3.8, 4) is 17.0 Å². The number of non-ortho nitro benzene ring substituents is 1. The van der Waals surface area contributed by atoms with Crippen molar-refractivity contribution in [2.75, 3.05) is 6.61 Å². The number of amides is 1. The number of rotatable bonds is 8. The van der Waals surface area contributed by atoms with Gasteiger partial charge in [0, 0.05) is 17.7 Å². The van der Waals surface area contributed by atoms with E-state index in [-0.39, 0.29) is 11.4 Å². The average molecular weight is 393 g/mol. The van der Waals surface area contributed by atoms with Gasteiger partial charge in [-0.3, -0.25) is 20.0 Å². The molecule has 1 aromatic heterocycles. The number of H-pyrrole nitrogens is 1. The van der Waals surface area contributed by atoms with Gasteiger partial charge >= 0.3 is 0 Å². The molecule has 0 saturated heterocycles. The standard InChI is InChI=1S/C20H19N5O4/c1-2-11-29-17-9-5-15(6-10-17)18-12-19(23-22-18)20(26)24-21-13-14-3-7-16(8-4-14)25(27)28/h3-10,12-13H,2,11H2,1H3,(H,22,23)(H,24,26). The number of nitrogens with one attached hydrogen (secondary N) is 2. The minimum absolute atomic E-state index is 0.0128. The Balaban J connectivity index is 1.59. The number of carbonyl (C=O) groups excluding carboxylic acids is 1. The summed E-state index contributed by atoms with van der Waals surface area (Å²) in [5, 5.41) is 21.3. The van der Waals surface area contributed by atoms with Crippen molar-refractivity contribution in [2.45, 2.75) is 13.3 Å². The number of ether oxygens (including phenoxy) is 1. The molecule has 3 rings (SSSR count). The molecular formula is C20H19N5O4. The Kier molecular flexibility index (Phi) is 6.31. The van der Waals surface area contributed by atoms with Crippen LogP contribution in [0.3, 0.4) is 0 Å². The first-order chi connectivity index (χ1) is 14.1. The number of nitro benzene ring substituents is 1. The van der Waals surface area contributed by atoms with Crippen molar-refractivity contribution >= 4 is 17.8 Å². The molecule has 29 heavy (non-hydrogen) atoms. The van der Waals surface area contributed by atoms with Crippen LogP contribution in [0, 0.1) is 10.1 Å². The van der Waals surface area contributed by atoms with E-state index in [1.54, 1.807) is 6.07 Å². The number of benzene rings is 2. The lowest BCUT2D eigenvalue weighted by atomic mass is 10.1. The zero-order valence-corrected chi connectivity index (χ0v) is 15.7. The largest absolute Gasteiger partial charge is 0.494 e. The maximum atomic E-state index is 12.2. The number of aromatic nitrogens is 2. The fourth-order valence-corrected chi connectivity index (χ4v) is 2.44. The number of hydrogen-bond donors (Lipinski definition) is 2. The summed E-state index contributed by atoms with van der Waals surface area (Å²) in [6, 6.07) is 14.9. The van der Waals surface area contributed by atoms with Crippen LogP contribution in [0.4, 0.5) is 5.69 Å². The van der Waals surface area contributed by atoms with Gasteiger partial charge in [-0.15, -0.1) is 0 Å². The summed E-state index contributed by atoms with van der Waals surface area (Å²) in [6.07, 6.45) is 2.33. The third-order valence-corrected chi connectivity index (χ3v) is 3.93. The monoisotopic (exact) mass is 393 g/mol. The molecule has 0 fully saturated rings. The molecule has 0 aliphatic heterocycles. The predicted octanol–water partition coefficient (Wildman–Crippen LogP) is 3.54. The first kappa shape index (κ1) is 19.7. The van der Waals surface area contributed by atoms with Crippen molar-refractivity contribution in [1.29, 1.82) is 0 Å². The second-order valence-corrected chi connectivity index (χ2v) is 6.09. The van der Waals surface area contributed by atoms with Crippen LogP contribution >= 0.6 is 0 Å². The number of aromatic amines is 1. The first-order valence-electron chi connectivity index (χ1n) is 8.93. The van der Waals surface area contributed by atoms with E-state index in [4.69, 9.17) is 4.74 Å². The van der Waals surface area contributed by atoms with Crippen molar-refractivity contribution in [3.05, 3.63) is 76.0 Å². The molecule has 0 atom stereocenters. The minimum Gasteiger partial charge on any atom is -0.494 e. The van der Waals surface area contributed by atoms with Crippen LogP contribution in [0.1, 0.15) is 29.4 Å². The smallest absolute Gasteiger partial charge is 0.289 e. The van der Waals surface area contributed by atoms with Crippen LogP contribution in [-0.4, -0.2) is 33.8 Å². The average Bonchev–Trinajstić information content (AvgIpc) is 3.23. The van der Waals surface area contributed by atoms with Gasteiger partial charge in [0.25, 0.3) is 11.6 Å². The SMILES string of the molecule is CCCOc1ccc(-c2cc(C(=O)NN=Cc3ccc([N+](=O)[O-])cc3)[nH]n2)cc1. The molecule has 0 aliphatic rings. The Morgan fingerprint density at radius 1 is 1.24 bits per heavy atom. The van der Waals surface area contributed by atoms with Crippen molar-refractivity contribution in [2.24, 2.45) is 5.10 Å². The molecule has 148 valence electrons. The van der Waals surface area contributed by atoms with Gasteiger partial charge in [-0.05, 0) is 54.4 Å². The highest BCUT2D eigenvalue weighted by atomic mass is 16.6. The number of hydrogen-bond acceptors (Lipinski definition) is 6. The molecule has 1 heterocycles. The Morgan fingerprint density at radius 3 is 2.62 bits per heavy atom. The number of nitro groups is 1. The lowest BCUT2D eigenvalue weighted by molar-refractivity contribution is -0.384. The fraction of sp³-hybridized carbons (Fsp3) is 0.150. The van der Waals surface area contributed by atoms with E-state index in [9.17, 15) is 14.9 Å². The molecule has 9 heteroatoms. The number of nitrogens with zero attached hydrogens (tertiary/aromatic N) is 3. The summed E-state index contributed by atoms with van der Waals surface area (Å²) in [5.41, 5.74) is 4.72. The van der Waals surface area contributed by atoms with E-state index in [1.807, 2.05) is 31.2 Å². The Morgan fingerprint density at radius 2 is 1.97 bits per heavy atom. The molecule has 2 aromatic carbocycles. The molecule has 0 aliphatic carbocycles. The van der Waals surface area contributed by atoms with Gasteiger partial charge in [0.05, 0.1) is 23.4 Å². The Hall–Kier alpha value is -4.01. The van der Waals surface area contributed by atoms with Crippen LogP contribution in [-0.2, 0) is 0 Å². The fourth-order valence-electron chi connectivity index (χ4n) is 2.44. The first-order valence-corrected chi connectivity index (χ1v) is 8.93. The van der Waals surface area contributed by atoms with E-state index in [2.05, 4.69) is 20.7 Å². The highest BCUT2D eigenvalue weighted by Gasteiger charge is 2.10. The predicted molar refractivity (Wildman–Crippen MR) is 108 cm³/mol. The minimum atomic E-state index is -0.482. The lowest BCUT2D eigenvalue weighted by Gasteiger charge is -2.04. The molecule has 3 aromatic rings. The van der Waals surface area contributed by atoms with Gasteiger partial charge in [-0.25, -0.2) is 5.43 Å². The molecule has 0 spiro atoms. The third kappa shape index (κ3) is 5.25. The summed E-state index contributed by atoms with van der Waals surface area (Å²) in [4.78, 5) is 22.3. The molecule has 9 nitrogen and oxygen atoms in total. The summed E-state index contributed by atoms with van der Waals surface area (Å²) in [6.45, 7) is 2.70. The molecule has 0 bridgehead atoms. The highest BCUT2D eigenvalue weighted by molar-refractivity contribution is 5.94. The van der Waals surface area contributed by atoms with Crippen LogP contribution < -0.4 is 10.2 Å². The van der Waals surface area contributed by atoms with Gasteiger partial charge in [0.2, 0.25) is 0 Å². The molecular weight excluding hydrogens is 374 g/mol. The molecule has 0 unspecified atom stereocenters. The van der Waals surface area contributed by atoms with Crippen molar-refractivity contribution < 1.29 is 14.5 Å². The Labute approximate surface area is 166 Å². The quantitative estimate of drug-likeness (QED) is 0.344. The van der Waals surface area contributed by atoms with E-state index >= 15 is 0 Å². The van der Waals surface area contributed by atoms with E-state index in [1.165, 1.54) is 30.5 Å². The third-order valence-electron chi connectivity index (χ3n) is 3.93. The maximum Gasteiger partial charge on any atom is 0.289 e. The van der Waals surface area contributed by atoms with Gasteiger partial charge in [-0.2, -0.15) is 10.2 Å². The number of hydrazone groups is 1. The maximum absolute atomic E-state index is 12.2. The molecule has 2 N–H and O–H groups in total. The summed E-state index contributed by atoms with van der Waals surface area (Å²) in [7, 11) is 0. The topological polar surface area (TPSA) is 123 Å². The second kappa shape index (κ2) is 9.27. The molecule has 1 amide bonds. The van der Waals surface area contributed by atoms with E-state index < -0.39 is 10.8 Å². The molecule has 0 saturated carbocycles. The van der Waals surface area contributed by atoms with E-state index in [0.29, 0.717) is 17.9 Å². The van der Waals surface area contributed by atoms with Crippen molar-refractivity contribution in [3.63, 3.8) is 0 Å². The van der Waals surface area contributed by atoms with Crippen LogP contribution in [0.5, 0.6) is 5.75 Å². The van der Waals surface area contributed by atoms with Gasteiger partial charge < -0.3 is 4.74 Å². The normalized spacial score (nSPS) is 10.8. The molecule has 0 radical (unpaired) electrons. The zero-order valence-electron chi connectivity index (χ0n) is 15.7. The van der Waals surface area contributed by atoms with E-state index in [0.717, 1.165) is 17.7 Å². The van der Waals surface area contributed by atoms with Crippen LogP contribution in [0.2, 0.25) is 0 Å². The van der Waals surface area contributed by atoms with Gasteiger partial charge in [-0.1, -0.05) is 6.92 Å². The number of carbonyl (C=O) groups is 1. The van der Waals surface area contributed by atoms with Gasteiger partial charge in [0.15, 0.2) is 0 Å². The zero-order chi connectivity index (χ0) is 20.6. The Bertz CT molecular complexity index is 1010. The van der Waals surface area contributed by atoms with Gasteiger partial charge in [0.1, 0.15) is 11.4 Å². The summed E-state index contributed by atoms with van der Waals surface area (Å²) >= 11 is 0. The summed E-state index contributed by atoms with van der Waals surface area (Å²) in [5.74, 6) is 0.328. The van der Waals surface area contributed by atoms with Crippen LogP contribution in [0.25, 0.3) is 11.3 Å². The lowest BCUT2D eigenvalue weighted by Crippen LogP contribution is -2.17. The highest BCUT2D eigenvalue weighted by Crippen LogP contribution is 2.21. The summed E-state index contributed by atoms with van der Waals surface area (Å²) < 4.78 is 5.55. The van der Waals surface area contributed by atoms with Crippen LogP contribution in [0.15, 0.2) is 59.7 Å². The van der Waals surface area contributed by atoms with Crippen molar-refractivity contribution in [1.82, 2.24) is 15.6 Å².